The lowest BCUT2D eigenvalue weighted by Crippen LogP contribution is -2.66. The van der Waals surface area contributed by atoms with Crippen molar-refractivity contribution in [2.24, 2.45) is 34.6 Å². The van der Waals surface area contributed by atoms with Gasteiger partial charge < -0.3 is 83.6 Å². The molecule has 242 valence electrons. The Bertz CT molecular complexity index is 762. The van der Waals surface area contributed by atoms with Crippen LogP contribution in [0.5, 0.6) is 0 Å². The van der Waals surface area contributed by atoms with Gasteiger partial charge in [0.15, 0.2) is 12.6 Å². The van der Waals surface area contributed by atoms with Crippen molar-refractivity contribution in [3.8, 4) is 0 Å². The van der Waals surface area contributed by atoms with E-state index in [9.17, 15) is 30.6 Å². The summed E-state index contributed by atoms with van der Waals surface area (Å²) in [6.07, 6.45) is -9.88. The minimum atomic E-state index is -1.46. The first-order valence-corrected chi connectivity index (χ1v) is 14.5. The van der Waals surface area contributed by atoms with E-state index in [1.54, 1.807) is 0 Å². The van der Waals surface area contributed by atoms with E-state index < -0.39 is 98.2 Å². The van der Waals surface area contributed by atoms with Crippen LogP contribution in [0.2, 0.25) is 0 Å². The standard InChI is InChI=1S/C25H52N6O10/c26-4-1-5-31-9-16-15(34)7-14(29)24(38-16)41-23-13(28)6-11(2-3-12(33)8-27)22(21(23)37)40-25-20(36)18(30)19(35)17(10-32)39-25/h11-25,31-37H,1-10,26-30H2/t11-,12?,13+,14-,15+,16-,17-,18+,19-,20-,21-,22+,23-,24-,25-/m1/s1. The van der Waals surface area contributed by atoms with Crippen LogP contribution in [-0.2, 0) is 18.9 Å². The Hall–Kier alpha value is -0.640. The molecule has 2 saturated heterocycles. The molecule has 16 heteroatoms. The van der Waals surface area contributed by atoms with E-state index in [2.05, 4.69) is 5.32 Å². The first-order valence-electron chi connectivity index (χ1n) is 14.5. The van der Waals surface area contributed by atoms with Gasteiger partial charge in [-0.2, -0.15) is 0 Å². The number of rotatable bonds is 14. The Kier molecular flexibility index (Phi) is 14.0. The van der Waals surface area contributed by atoms with E-state index in [-0.39, 0.29) is 13.0 Å². The Labute approximate surface area is 240 Å². The van der Waals surface area contributed by atoms with Crippen LogP contribution in [0.4, 0.5) is 0 Å². The smallest absolute Gasteiger partial charge is 0.186 e. The van der Waals surface area contributed by atoms with Crippen molar-refractivity contribution in [2.75, 3.05) is 32.8 Å². The van der Waals surface area contributed by atoms with Gasteiger partial charge in [-0.15, -0.1) is 0 Å². The van der Waals surface area contributed by atoms with E-state index >= 15 is 0 Å². The minimum Gasteiger partial charge on any atom is -0.394 e. The maximum atomic E-state index is 11.5. The lowest BCUT2D eigenvalue weighted by molar-refractivity contribution is -0.320. The van der Waals surface area contributed by atoms with Crippen molar-refractivity contribution in [2.45, 2.75) is 118 Å². The van der Waals surface area contributed by atoms with E-state index in [1.807, 2.05) is 0 Å². The zero-order chi connectivity index (χ0) is 30.3. The Balaban J connectivity index is 1.75. The van der Waals surface area contributed by atoms with Gasteiger partial charge >= 0.3 is 0 Å². The number of hydrogen-bond donors (Lipinski definition) is 12. The molecule has 16 nitrogen and oxygen atoms in total. The fourth-order valence-corrected chi connectivity index (χ4v) is 5.75. The predicted molar refractivity (Wildman–Crippen MR) is 146 cm³/mol. The van der Waals surface area contributed by atoms with Crippen LogP contribution < -0.4 is 34.0 Å². The average molecular weight is 597 g/mol. The molecule has 41 heavy (non-hydrogen) atoms. The molecule has 1 unspecified atom stereocenters. The number of hydrogen-bond acceptors (Lipinski definition) is 16. The zero-order valence-electron chi connectivity index (χ0n) is 23.4. The largest absolute Gasteiger partial charge is 0.394 e. The lowest BCUT2D eigenvalue weighted by atomic mass is 9.77. The second kappa shape index (κ2) is 16.4. The quantitative estimate of drug-likeness (QED) is 0.0830. The Morgan fingerprint density at radius 3 is 2.20 bits per heavy atom. The zero-order valence-corrected chi connectivity index (χ0v) is 23.4. The van der Waals surface area contributed by atoms with Crippen LogP contribution in [0.1, 0.15) is 32.1 Å². The van der Waals surface area contributed by atoms with Crippen LogP contribution in [0.3, 0.4) is 0 Å². The normalized spacial score (nSPS) is 44.6. The molecule has 0 bridgehead atoms. The van der Waals surface area contributed by atoms with Crippen LogP contribution in [0, 0.1) is 5.92 Å². The van der Waals surface area contributed by atoms with Gasteiger partial charge in [0.2, 0.25) is 0 Å². The summed E-state index contributed by atoms with van der Waals surface area (Å²) in [6, 6.07) is -2.55. The van der Waals surface area contributed by atoms with Gasteiger partial charge in [-0.1, -0.05) is 0 Å². The molecule has 0 amide bonds. The first-order chi connectivity index (χ1) is 19.5. The molecule has 0 aromatic rings. The molecule has 3 rings (SSSR count). The van der Waals surface area contributed by atoms with Gasteiger partial charge in [0.25, 0.3) is 0 Å². The number of nitrogens with two attached hydrogens (primary N) is 5. The van der Waals surface area contributed by atoms with Crippen molar-refractivity contribution in [1.82, 2.24) is 5.32 Å². The molecule has 15 atom stereocenters. The van der Waals surface area contributed by atoms with E-state index in [4.69, 9.17) is 47.6 Å². The van der Waals surface area contributed by atoms with Crippen molar-refractivity contribution in [1.29, 1.82) is 0 Å². The second-order valence-electron chi connectivity index (χ2n) is 11.5. The third kappa shape index (κ3) is 8.95. The van der Waals surface area contributed by atoms with Crippen LogP contribution in [0.15, 0.2) is 0 Å². The highest BCUT2D eigenvalue weighted by molar-refractivity contribution is 4.99. The van der Waals surface area contributed by atoms with Crippen molar-refractivity contribution >= 4 is 0 Å². The molecule has 17 N–H and O–H groups in total. The number of nitrogens with one attached hydrogen (secondary N) is 1. The number of aliphatic hydroxyl groups is 6. The van der Waals surface area contributed by atoms with Crippen molar-refractivity contribution in [3.05, 3.63) is 0 Å². The monoisotopic (exact) mass is 596 g/mol. The minimum absolute atomic E-state index is 0.0545. The predicted octanol–water partition coefficient (Wildman–Crippen LogP) is -5.93. The van der Waals surface area contributed by atoms with Crippen molar-refractivity contribution < 1.29 is 49.6 Å². The van der Waals surface area contributed by atoms with Gasteiger partial charge in [0.05, 0.1) is 43.1 Å². The third-order valence-electron chi connectivity index (χ3n) is 8.30. The summed E-state index contributed by atoms with van der Waals surface area (Å²) in [5.41, 5.74) is 29.8. The van der Waals surface area contributed by atoms with Crippen LogP contribution >= 0.6 is 0 Å². The molecule has 1 saturated carbocycles. The molecule has 0 aromatic carbocycles. The van der Waals surface area contributed by atoms with Gasteiger partial charge in [-0.25, -0.2) is 0 Å². The SMILES string of the molecule is NCCCNC[C@H]1O[C@H](O[C@H]2[C@H](O)[C@@H](O[C@H]3O[C@H](CO)[C@@H](O)[C@H](N)[C@H]3O)[C@H](CCC(O)CN)C[C@@H]2N)[C@H](N)C[C@@H]1O. The number of ether oxygens (including phenoxy) is 4. The summed E-state index contributed by atoms with van der Waals surface area (Å²) in [5.74, 6) is -0.408. The van der Waals surface area contributed by atoms with Crippen LogP contribution in [-0.4, -0.2) is 149 Å². The highest BCUT2D eigenvalue weighted by Crippen LogP contribution is 2.36. The molecule has 0 aromatic heterocycles. The fraction of sp³-hybridized carbons (Fsp3) is 1.00. The van der Waals surface area contributed by atoms with Gasteiger partial charge in [-0.3, -0.25) is 0 Å². The first kappa shape index (κ1) is 34.8. The summed E-state index contributed by atoms with van der Waals surface area (Å²) in [7, 11) is 0. The van der Waals surface area contributed by atoms with E-state index in [0.717, 1.165) is 6.42 Å². The topological polar surface area (TPSA) is 300 Å². The van der Waals surface area contributed by atoms with E-state index in [0.29, 0.717) is 38.9 Å². The number of aliphatic hydroxyl groups excluding tert-OH is 6. The summed E-state index contributed by atoms with van der Waals surface area (Å²) in [5, 5.41) is 65.7. The molecule has 2 heterocycles. The van der Waals surface area contributed by atoms with E-state index in [1.165, 1.54) is 0 Å². The van der Waals surface area contributed by atoms with Gasteiger partial charge in [0, 0.05) is 19.1 Å². The molecular formula is C25H52N6O10. The fourth-order valence-electron chi connectivity index (χ4n) is 5.75. The molecule has 3 aliphatic rings. The average Bonchev–Trinajstić information content (AvgIpc) is 2.95. The lowest BCUT2D eigenvalue weighted by Gasteiger charge is -2.48. The molecular weight excluding hydrogens is 544 g/mol. The highest BCUT2D eigenvalue weighted by Gasteiger charge is 2.50. The summed E-state index contributed by atoms with van der Waals surface area (Å²) in [4.78, 5) is 0. The summed E-state index contributed by atoms with van der Waals surface area (Å²) < 4.78 is 23.8. The summed E-state index contributed by atoms with van der Waals surface area (Å²) in [6.45, 7) is 1.01. The highest BCUT2D eigenvalue weighted by atomic mass is 16.7. The maximum Gasteiger partial charge on any atom is 0.186 e. The molecule has 1 aliphatic carbocycles. The molecule has 0 radical (unpaired) electrons. The van der Waals surface area contributed by atoms with Crippen LogP contribution in [0.25, 0.3) is 0 Å². The van der Waals surface area contributed by atoms with Crippen molar-refractivity contribution in [3.63, 3.8) is 0 Å². The summed E-state index contributed by atoms with van der Waals surface area (Å²) >= 11 is 0. The van der Waals surface area contributed by atoms with Gasteiger partial charge in [0.1, 0.15) is 30.5 Å². The molecule has 2 aliphatic heterocycles. The Morgan fingerprint density at radius 2 is 1.54 bits per heavy atom. The Morgan fingerprint density at radius 1 is 0.854 bits per heavy atom. The van der Waals surface area contributed by atoms with Gasteiger partial charge in [-0.05, 0) is 51.1 Å². The second-order valence-corrected chi connectivity index (χ2v) is 11.5. The molecule has 3 fully saturated rings. The molecule has 0 spiro atoms. The maximum absolute atomic E-state index is 11.5. The third-order valence-corrected chi connectivity index (χ3v) is 8.30.